The molecule has 1 N–H and O–H groups in total. The van der Waals surface area contributed by atoms with Crippen LogP contribution in [-0.4, -0.2) is 33.1 Å². The van der Waals surface area contributed by atoms with Crippen molar-refractivity contribution >= 4 is 17.5 Å². The molecule has 1 aliphatic carbocycles. The SMILES string of the molecule is CCC(C)/C=C/C=C/C=C/C(=O)/C=C(\O)C1=C2C=C3C=CN(Cc4ccccc4)C=C3C(=O)[C@]2(C)OC1=O. The number of carbonyl (C=O) groups is 3. The zero-order chi connectivity index (χ0) is 27.3. The summed E-state index contributed by atoms with van der Waals surface area (Å²) in [4.78, 5) is 40.6. The van der Waals surface area contributed by atoms with Gasteiger partial charge in [0.15, 0.2) is 11.4 Å². The second-order valence-electron chi connectivity index (χ2n) is 9.60. The van der Waals surface area contributed by atoms with Gasteiger partial charge in [-0.3, -0.25) is 9.59 Å². The summed E-state index contributed by atoms with van der Waals surface area (Å²) in [5, 5.41) is 10.7. The Morgan fingerprint density at radius 3 is 2.61 bits per heavy atom. The molecule has 2 aliphatic heterocycles. The van der Waals surface area contributed by atoms with Crippen LogP contribution >= 0.6 is 0 Å². The van der Waals surface area contributed by atoms with Gasteiger partial charge in [0.2, 0.25) is 5.78 Å². The third-order valence-electron chi connectivity index (χ3n) is 6.73. The maximum Gasteiger partial charge on any atom is 0.343 e. The number of carbonyl (C=O) groups excluding carboxylic acids is 3. The molecule has 0 bridgehead atoms. The van der Waals surface area contributed by atoms with Gasteiger partial charge in [-0.15, -0.1) is 0 Å². The van der Waals surface area contributed by atoms with Crippen molar-refractivity contribution in [3.8, 4) is 0 Å². The summed E-state index contributed by atoms with van der Waals surface area (Å²) in [7, 11) is 0. The first-order chi connectivity index (χ1) is 18.2. The molecule has 0 spiro atoms. The van der Waals surface area contributed by atoms with Crippen molar-refractivity contribution in [1.82, 2.24) is 4.90 Å². The lowest BCUT2D eigenvalue weighted by atomic mass is 9.77. The Morgan fingerprint density at radius 1 is 1.13 bits per heavy atom. The number of aliphatic hydroxyl groups is 1. The van der Waals surface area contributed by atoms with Crippen molar-refractivity contribution in [2.45, 2.75) is 39.3 Å². The first-order valence-electron chi connectivity index (χ1n) is 12.6. The summed E-state index contributed by atoms with van der Waals surface area (Å²) in [6, 6.07) is 9.85. The molecule has 38 heavy (non-hydrogen) atoms. The van der Waals surface area contributed by atoms with E-state index in [0.717, 1.165) is 18.1 Å². The third-order valence-corrected chi connectivity index (χ3v) is 6.73. The number of aliphatic hydroxyl groups excluding tert-OH is 1. The second-order valence-corrected chi connectivity index (χ2v) is 9.60. The van der Waals surface area contributed by atoms with Crippen molar-refractivity contribution in [2.24, 2.45) is 5.92 Å². The standard InChI is InChI=1S/C32H31NO5/c1-4-22(2)12-8-5-6-11-15-25(34)19-28(35)29-27-18-24-16-17-33(20-23-13-9-7-10-14-23)21-26(24)30(36)32(27,3)38-31(29)37/h5-19,21-22,35H,4,20H2,1-3H3/b6-5+,12-8+,15-11+,28-19-/t22?,32-/m1/s1. The van der Waals surface area contributed by atoms with E-state index in [4.69, 9.17) is 4.74 Å². The van der Waals surface area contributed by atoms with Crippen LogP contribution in [0.25, 0.3) is 0 Å². The highest BCUT2D eigenvalue weighted by Gasteiger charge is 2.53. The normalized spacial score (nSPS) is 22.2. The third kappa shape index (κ3) is 5.59. The maximum absolute atomic E-state index is 13.5. The Labute approximate surface area is 223 Å². The van der Waals surface area contributed by atoms with E-state index in [9.17, 15) is 19.5 Å². The first kappa shape index (κ1) is 26.6. The molecular formula is C32H31NO5. The number of hydrogen-bond acceptors (Lipinski definition) is 6. The lowest BCUT2D eigenvalue weighted by molar-refractivity contribution is -0.152. The molecular weight excluding hydrogens is 478 g/mol. The number of hydrogen-bond donors (Lipinski definition) is 1. The van der Waals surface area contributed by atoms with E-state index in [1.807, 2.05) is 53.6 Å². The topological polar surface area (TPSA) is 83.9 Å². The van der Waals surface area contributed by atoms with Crippen molar-refractivity contribution in [3.05, 3.63) is 131 Å². The quantitative estimate of drug-likeness (QED) is 0.198. The fourth-order valence-corrected chi connectivity index (χ4v) is 4.35. The number of Topliss-reactive ketones (excluding diaryl/α,β-unsaturated/α-hetero) is 1. The average molecular weight is 510 g/mol. The number of allylic oxidation sites excluding steroid dienone is 9. The van der Waals surface area contributed by atoms with Gasteiger partial charge in [-0.2, -0.15) is 0 Å². The second kappa shape index (κ2) is 11.3. The van der Waals surface area contributed by atoms with Gasteiger partial charge in [0.05, 0.1) is 0 Å². The smallest absolute Gasteiger partial charge is 0.343 e. The predicted molar refractivity (Wildman–Crippen MR) is 146 cm³/mol. The van der Waals surface area contributed by atoms with Gasteiger partial charge >= 0.3 is 5.97 Å². The highest BCUT2D eigenvalue weighted by Crippen LogP contribution is 2.44. The Hall–Kier alpha value is -4.45. The van der Waals surface area contributed by atoms with Crippen molar-refractivity contribution < 1.29 is 24.2 Å². The fourth-order valence-electron chi connectivity index (χ4n) is 4.35. The maximum atomic E-state index is 13.5. The molecule has 0 amide bonds. The van der Waals surface area contributed by atoms with Crippen molar-refractivity contribution in [3.63, 3.8) is 0 Å². The molecule has 1 aromatic rings. The number of ether oxygens (including phenoxy) is 1. The number of fused-ring (bicyclic) bond motifs is 2. The van der Waals surface area contributed by atoms with Crippen LogP contribution in [0, 0.1) is 5.92 Å². The van der Waals surface area contributed by atoms with E-state index in [1.165, 1.54) is 13.0 Å². The monoisotopic (exact) mass is 509 g/mol. The Morgan fingerprint density at radius 2 is 1.87 bits per heavy atom. The molecule has 2 atom stereocenters. The minimum atomic E-state index is -1.59. The van der Waals surface area contributed by atoms with Crippen LogP contribution in [0.2, 0.25) is 0 Å². The molecule has 1 aromatic carbocycles. The van der Waals surface area contributed by atoms with Crippen LogP contribution in [-0.2, 0) is 25.7 Å². The van der Waals surface area contributed by atoms with Gasteiger partial charge < -0.3 is 14.7 Å². The highest BCUT2D eigenvalue weighted by atomic mass is 16.6. The van der Waals surface area contributed by atoms with Gasteiger partial charge in [-0.1, -0.05) is 81.0 Å². The molecule has 2 heterocycles. The first-order valence-corrected chi connectivity index (χ1v) is 12.6. The Balaban J connectivity index is 1.56. The molecule has 1 unspecified atom stereocenters. The minimum Gasteiger partial charge on any atom is -0.507 e. The summed E-state index contributed by atoms with van der Waals surface area (Å²) in [6.45, 7) is 6.31. The molecule has 0 radical (unpaired) electrons. The molecule has 0 saturated heterocycles. The Bertz CT molecular complexity index is 1380. The number of ketones is 2. The summed E-state index contributed by atoms with van der Waals surface area (Å²) in [5.74, 6) is -1.80. The van der Waals surface area contributed by atoms with E-state index in [0.29, 0.717) is 23.6 Å². The molecule has 0 aromatic heterocycles. The molecule has 0 fully saturated rings. The van der Waals surface area contributed by atoms with Gasteiger partial charge in [-0.25, -0.2) is 4.79 Å². The van der Waals surface area contributed by atoms with Crippen molar-refractivity contribution in [2.75, 3.05) is 0 Å². The van der Waals surface area contributed by atoms with E-state index < -0.39 is 23.1 Å². The van der Waals surface area contributed by atoms with E-state index in [-0.39, 0.29) is 16.9 Å². The summed E-state index contributed by atoms with van der Waals surface area (Å²) in [5.41, 5.74) is 0.578. The number of esters is 1. The number of rotatable bonds is 9. The van der Waals surface area contributed by atoms with Gasteiger partial charge in [0.25, 0.3) is 0 Å². The summed E-state index contributed by atoms with van der Waals surface area (Å²) in [6.07, 6.45) is 19.4. The van der Waals surface area contributed by atoms with E-state index >= 15 is 0 Å². The lowest BCUT2D eigenvalue weighted by Gasteiger charge is -2.32. The van der Waals surface area contributed by atoms with Crippen molar-refractivity contribution in [1.29, 1.82) is 0 Å². The van der Waals surface area contributed by atoms with Crippen LogP contribution in [0.5, 0.6) is 0 Å². The zero-order valence-corrected chi connectivity index (χ0v) is 21.8. The van der Waals surface area contributed by atoms with Gasteiger partial charge in [0, 0.05) is 36.2 Å². The molecule has 3 aliphatic rings. The largest absolute Gasteiger partial charge is 0.507 e. The van der Waals surface area contributed by atoms with E-state index in [1.54, 1.807) is 30.5 Å². The van der Waals surface area contributed by atoms with Crippen LogP contribution < -0.4 is 0 Å². The van der Waals surface area contributed by atoms with Crippen LogP contribution in [0.3, 0.4) is 0 Å². The van der Waals surface area contributed by atoms with Gasteiger partial charge in [-0.05, 0) is 42.2 Å². The summed E-state index contributed by atoms with van der Waals surface area (Å²) >= 11 is 0. The minimum absolute atomic E-state index is 0.179. The van der Waals surface area contributed by atoms with Crippen LogP contribution in [0.1, 0.15) is 32.8 Å². The lowest BCUT2D eigenvalue weighted by Crippen LogP contribution is -2.42. The molecule has 194 valence electrons. The molecule has 4 rings (SSSR count). The summed E-state index contributed by atoms with van der Waals surface area (Å²) < 4.78 is 5.50. The van der Waals surface area contributed by atoms with Crippen LogP contribution in [0.4, 0.5) is 0 Å². The number of benzene rings is 1. The molecule has 6 heteroatoms. The fraction of sp³-hybridized carbons (Fsp3) is 0.219. The molecule has 0 saturated carbocycles. The Kier molecular flexibility index (Phi) is 7.91. The van der Waals surface area contributed by atoms with Crippen LogP contribution in [0.15, 0.2) is 125 Å². The van der Waals surface area contributed by atoms with Gasteiger partial charge in [0.1, 0.15) is 11.3 Å². The predicted octanol–water partition coefficient (Wildman–Crippen LogP) is 5.75. The highest BCUT2D eigenvalue weighted by molar-refractivity contribution is 6.16. The zero-order valence-electron chi connectivity index (χ0n) is 21.8. The number of nitrogens with zero attached hydrogens (tertiary/aromatic N) is 1. The average Bonchev–Trinajstić information content (AvgIpc) is 3.17. The van der Waals surface area contributed by atoms with E-state index in [2.05, 4.69) is 19.9 Å². The molecule has 6 nitrogen and oxygen atoms in total.